The van der Waals surface area contributed by atoms with Crippen LogP contribution < -0.4 is 22.3 Å². The number of nitrogens with two attached hydrogens (primary N) is 1. The summed E-state index contributed by atoms with van der Waals surface area (Å²) in [7, 11) is 1.83. The average molecular weight is 278 g/mol. The summed E-state index contributed by atoms with van der Waals surface area (Å²) in [6.45, 7) is 4.47. The van der Waals surface area contributed by atoms with E-state index in [2.05, 4.69) is 15.4 Å². The molecule has 2 aromatic rings. The zero-order chi connectivity index (χ0) is 14.9. The van der Waals surface area contributed by atoms with Crippen LogP contribution in [-0.2, 0) is 20.1 Å². The minimum Gasteiger partial charge on any atom is -0.383 e. The van der Waals surface area contributed by atoms with Crippen molar-refractivity contribution < 1.29 is 0 Å². The molecule has 108 valence electrons. The molecule has 0 aliphatic rings. The topological polar surface area (TPSA) is 111 Å². The summed E-state index contributed by atoms with van der Waals surface area (Å²) in [4.78, 5) is 25.6. The second-order valence-corrected chi connectivity index (χ2v) is 4.53. The third kappa shape index (κ3) is 2.44. The molecule has 8 heteroatoms. The van der Waals surface area contributed by atoms with Gasteiger partial charge in [-0.1, -0.05) is 0 Å². The van der Waals surface area contributed by atoms with Crippen LogP contribution in [0.3, 0.4) is 0 Å². The van der Waals surface area contributed by atoms with Gasteiger partial charge in [-0.2, -0.15) is 5.10 Å². The number of nitrogen functional groups attached to an aromatic ring is 1. The zero-order valence-electron chi connectivity index (χ0n) is 11.7. The van der Waals surface area contributed by atoms with E-state index in [0.717, 1.165) is 11.3 Å². The van der Waals surface area contributed by atoms with Crippen LogP contribution in [0.1, 0.15) is 18.2 Å². The smallest absolute Gasteiger partial charge is 0.330 e. The van der Waals surface area contributed by atoms with Crippen LogP contribution in [0.15, 0.2) is 15.8 Å². The second-order valence-electron chi connectivity index (χ2n) is 4.53. The molecule has 0 aromatic carbocycles. The van der Waals surface area contributed by atoms with E-state index in [1.54, 1.807) is 11.6 Å². The third-order valence-corrected chi connectivity index (χ3v) is 3.13. The van der Waals surface area contributed by atoms with Gasteiger partial charge < -0.3 is 11.1 Å². The minimum atomic E-state index is -0.515. The van der Waals surface area contributed by atoms with Crippen LogP contribution in [0.4, 0.5) is 11.5 Å². The Morgan fingerprint density at radius 2 is 2.15 bits per heavy atom. The maximum atomic E-state index is 11.8. The normalized spacial score (nSPS) is 10.8. The lowest BCUT2D eigenvalue weighted by Gasteiger charge is -2.12. The van der Waals surface area contributed by atoms with Crippen molar-refractivity contribution in [3.8, 4) is 0 Å². The van der Waals surface area contributed by atoms with Gasteiger partial charge in [0.25, 0.3) is 5.56 Å². The van der Waals surface area contributed by atoms with Crippen molar-refractivity contribution in [2.75, 3.05) is 11.1 Å². The maximum Gasteiger partial charge on any atom is 0.330 e. The van der Waals surface area contributed by atoms with Gasteiger partial charge in [-0.25, -0.2) is 4.79 Å². The molecule has 0 saturated carbocycles. The monoisotopic (exact) mass is 278 g/mol. The van der Waals surface area contributed by atoms with E-state index in [4.69, 9.17) is 5.73 Å². The highest BCUT2D eigenvalue weighted by Crippen LogP contribution is 2.13. The van der Waals surface area contributed by atoms with Gasteiger partial charge in [-0.15, -0.1) is 0 Å². The SMILES string of the molecule is CCn1c(N)c(NCc2cn(C)nc2C)c(=O)[nH]c1=O. The van der Waals surface area contributed by atoms with Gasteiger partial charge in [0.05, 0.1) is 5.69 Å². The van der Waals surface area contributed by atoms with Crippen LogP contribution in [0.2, 0.25) is 0 Å². The molecule has 4 N–H and O–H groups in total. The van der Waals surface area contributed by atoms with Gasteiger partial charge in [0, 0.05) is 31.9 Å². The van der Waals surface area contributed by atoms with Crippen molar-refractivity contribution in [3.05, 3.63) is 38.3 Å². The van der Waals surface area contributed by atoms with E-state index >= 15 is 0 Å². The van der Waals surface area contributed by atoms with Gasteiger partial charge in [0.1, 0.15) is 11.5 Å². The highest BCUT2D eigenvalue weighted by atomic mass is 16.2. The summed E-state index contributed by atoms with van der Waals surface area (Å²) in [5, 5.41) is 7.19. The first-order valence-corrected chi connectivity index (χ1v) is 6.29. The molecule has 8 nitrogen and oxygen atoms in total. The number of nitrogens with one attached hydrogen (secondary N) is 2. The maximum absolute atomic E-state index is 11.8. The Kier molecular flexibility index (Phi) is 3.64. The van der Waals surface area contributed by atoms with Crippen molar-refractivity contribution in [1.82, 2.24) is 19.3 Å². The second kappa shape index (κ2) is 5.24. The van der Waals surface area contributed by atoms with Gasteiger partial charge in [0.2, 0.25) is 0 Å². The number of hydrogen-bond donors (Lipinski definition) is 3. The Morgan fingerprint density at radius 3 is 2.70 bits per heavy atom. The van der Waals surface area contributed by atoms with E-state index in [9.17, 15) is 9.59 Å². The Hall–Kier alpha value is -2.51. The molecule has 0 aliphatic heterocycles. The summed E-state index contributed by atoms with van der Waals surface area (Å²) in [5.74, 6) is 0.141. The molecule has 0 spiro atoms. The van der Waals surface area contributed by atoms with Gasteiger partial charge in [0.15, 0.2) is 0 Å². The molecule has 0 aliphatic carbocycles. The lowest BCUT2D eigenvalue weighted by molar-refractivity contribution is 0.706. The largest absolute Gasteiger partial charge is 0.383 e. The Morgan fingerprint density at radius 1 is 1.45 bits per heavy atom. The zero-order valence-corrected chi connectivity index (χ0v) is 11.7. The molecular formula is C12H18N6O2. The highest BCUT2D eigenvalue weighted by molar-refractivity contribution is 5.60. The summed E-state index contributed by atoms with van der Waals surface area (Å²) < 4.78 is 3.01. The molecule has 2 heterocycles. The standard InChI is InChI=1S/C12H18N6O2/c1-4-18-10(13)9(11(19)15-12(18)20)14-5-8-6-17(3)16-7(8)2/h6,14H,4-5,13H2,1-3H3,(H,15,19,20). The third-order valence-electron chi connectivity index (χ3n) is 3.13. The summed E-state index contributed by atoms with van der Waals surface area (Å²) in [5.41, 5.74) is 6.88. The molecule has 0 saturated heterocycles. The van der Waals surface area contributed by atoms with Crippen LogP contribution in [-0.4, -0.2) is 19.3 Å². The molecular weight excluding hydrogens is 260 g/mol. The quantitative estimate of drug-likeness (QED) is 0.717. The molecule has 0 amide bonds. The molecule has 0 fully saturated rings. The molecule has 2 aromatic heterocycles. The first-order valence-electron chi connectivity index (χ1n) is 6.29. The van der Waals surface area contributed by atoms with Crippen molar-refractivity contribution >= 4 is 11.5 Å². The van der Waals surface area contributed by atoms with Gasteiger partial charge in [-0.05, 0) is 13.8 Å². The van der Waals surface area contributed by atoms with Crippen molar-refractivity contribution in [3.63, 3.8) is 0 Å². The Balaban J connectivity index is 2.33. The van der Waals surface area contributed by atoms with Gasteiger partial charge in [-0.3, -0.25) is 19.0 Å². The van der Waals surface area contributed by atoms with Crippen LogP contribution >= 0.6 is 0 Å². The number of anilines is 2. The van der Waals surface area contributed by atoms with Crippen LogP contribution in [0, 0.1) is 6.92 Å². The number of aryl methyl sites for hydroxylation is 2. The Bertz CT molecular complexity index is 739. The summed E-state index contributed by atoms with van der Waals surface area (Å²) >= 11 is 0. The van der Waals surface area contributed by atoms with E-state index in [1.165, 1.54) is 4.57 Å². The molecule has 0 unspecified atom stereocenters. The molecule has 0 bridgehead atoms. The molecule has 0 atom stereocenters. The van der Waals surface area contributed by atoms with E-state index in [-0.39, 0.29) is 11.5 Å². The van der Waals surface area contributed by atoms with Crippen LogP contribution in [0.25, 0.3) is 0 Å². The predicted molar refractivity (Wildman–Crippen MR) is 76.7 cm³/mol. The lowest BCUT2D eigenvalue weighted by atomic mass is 10.2. The molecule has 2 rings (SSSR count). The first-order chi connectivity index (χ1) is 9.43. The fraction of sp³-hybridized carbons (Fsp3) is 0.417. The van der Waals surface area contributed by atoms with Crippen LogP contribution in [0.5, 0.6) is 0 Å². The highest BCUT2D eigenvalue weighted by Gasteiger charge is 2.12. The number of H-pyrrole nitrogens is 1. The van der Waals surface area contributed by atoms with Crippen molar-refractivity contribution in [2.45, 2.75) is 26.9 Å². The first kappa shape index (κ1) is 13.9. The fourth-order valence-corrected chi connectivity index (χ4v) is 2.08. The van der Waals surface area contributed by atoms with Crippen molar-refractivity contribution in [1.29, 1.82) is 0 Å². The van der Waals surface area contributed by atoms with E-state index in [0.29, 0.717) is 13.1 Å². The number of aromatic amines is 1. The van der Waals surface area contributed by atoms with E-state index in [1.807, 2.05) is 20.2 Å². The number of aromatic nitrogens is 4. The average Bonchev–Trinajstić information content (AvgIpc) is 2.67. The molecule has 0 radical (unpaired) electrons. The molecule has 20 heavy (non-hydrogen) atoms. The van der Waals surface area contributed by atoms with E-state index < -0.39 is 11.2 Å². The number of rotatable bonds is 4. The Labute approximate surface area is 115 Å². The van der Waals surface area contributed by atoms with Crippen molar-refractivity contribution in [2.24, 2.45) is 7.05 Å². The van der Waals surface area contributed by atoms with Gasteiger partial charge >= 0.3 is 5.69 Å². The fourth-order valence-electron chi connectivity index (χ4n) is 2.08. The predicted octanol–water partition coefficient (Wildman–Crippen LogP) is -0.207. The lowest BCUT2D eigenvalue weighted by Crippen LogP contribution is -2.33. The summed E-state index contributed by atoms with van der Waals surface area (Å²) in [6, 6.07) is 0. The number of hydrogen-bond acceptors (Lipinski definition) is 5. The summed E-state index contributed by atoms with van der Waals surface area (Å²) in [6.07, 6.45) is 1.86. The number of nitrogens with zero attached hydrogens (tertiary/aromatic N) is 3. The minimum absolute atomic E-state index is 0.141.